The molecule has 0 bridgehead atoms. The number of rotatable bonds is 6. The van der Waals surface area contributed by atoms with Crippen LogP contribution in [-0.4, -0.2) is 66.6 Å². The zero-order valence-electron chi connectivity index (χ0n) is 17.3. The van der Waals surface area contributed by atoms with Crippen molar-refractivity contribution in [3.63, 3.8) is 0 Å². The first-order chi connectivity index (χ1) is 14.0. The molecule has 29 heavy (non-hydrogen) atoms. The molecule has 158 valence electrons. The highest BCUT2D eigenvalue weighted by Crippen LogP contribution is 2.35. The molecule has 3 rings (SSSR count). The Morgan fingerprint density at radius 2 is 1.83 bits per heavy atom. The number of hydrogen-bond donors (Lipinski definition) is 0. The third-order valence-electron chi connectivity index (χ3n) is 5.85. The predicted octanol–water partition coefficient (Wildman–Crippen LogP) is 3.20. The number of carbonyl (C=O) groups excluding carboxylic acids is 3. The van der Waals surface area contributed by atoms with Gasteiger partial charge in [-0.25, -0.2) is 4.79 Å². The Bertz CT molecular complexity index is 750. The maximum absolute atomic E-state index is 12.8. The second kappa shape index (κ2) is 10.1. The van der Waals surface area contributed by atoms with E-state index < -0.39 is 5.97 Å². The summed E-state index contributed by atoms with van der Waals surface area (Å²) in [5, 5.41) is 0. The summed E-state index contributed by atoms with van der Waals surface area (Å²) in [6.07, 6.45) is 6.91. The van der Waals surface area contributed by atoms with Gasteiger partial charge in [0.2, 0.25) is 5.91 Å². The molecule has 1 heterocycles. The van der Waals surface area contributed by atoms with Crippen LogP contribution in [0.2, 0.25) is 0 Å². The van der Waals surface area contributed by atoms with Crippen LogP contribution in [0.5, 0.6) is 0 Å². The quantitative estimate of drug-likeness (QED) is 0.524. The van der Waals surface area contributed by atoms with Crippen LogP contribution in [0.3, 0.4) is 0 Å². The largest absolute Gasteiger partial charge is 0.452 e. The predicted molar refractivity (Wildman–Crippen MR) is 113 cm³/mol. The number of piperidine rings is 1. The third-order valence-corrected chi connectivity index (χ3v) is 6.91. The molecule has 1 saturated carbocycles. The number of thioether (sulfide) groups is 1. The van der Waals surface area contributed by atoms with Gasteiger partial charge in [-0.05, 0) is 43.7 Å². The molecular formula is C22H30N2O4S. The summed E-state index contributed by atoms with van der Waals surface area (Å²) >= 11 is 1.30. The Hall–Kier alpha value is -2.02. The van der Waals surface area contributed by atoms with Gasteiger partial charge in [-0.2, -0.15) is 0 Å². The van der Waals surface area contributed by atoms with Crippen molar-refractivity contribution in [1.82, 2.24) is 9.80 Å². The number of likely N-dealkylation sites (tertiary alicyclic amines) is 1. The van der Waals surface area contributed by atoms with Gasteiger partial charge >= 0.3 is 5.97 Å². The van der Waals surface area contributed by atoms with Gasteiger partial charge in [-0.15, -0.1) is 11.8 Å². The molecule has 0 spiro atoms. The average molecular weight is 419 g/mol. The van der Waals surface area contributed by atoms with Gasteiger partial charge in [0, 0.05) is 31.6 Å². The van der Waals surface area contributed by atoms with E-state index in [9.17, 15) is 14.4 Å². The number of carbonyl (C=O) groups is 3. The molecule has 0 aromatic heterocycles. The number of benzene rings is 1. The Morgan fingerprint density at radius 3 is 2.62 bits per heavy atom. The lowest BCUT2D eigenvalue weighted by Gasteiger charge is -2.44. The topological polar surface area (TPSA) is 66.9 Å². The van der Waals surface area contributed by atoms with E-state index >= 15 is 0 Å². The van der Waals surface area contributed by atoms with E-state index in [2.05, 4.69) is 0 Å². The van der Waals surface area contributed by atoms with E-state index in [1.165, 1.54) is 42.3 Å². The molecule has 1 aromatic rings. The molecule has 2 aliphatic rings. The van der Waals surface area contributed by atoms with E-state index in [1.54, 1.807) is 32.3 Å². The van der Waals surface area contributed by atoms with Gasteiger partial charge < -0.3 is 14.5 Å². The van der Waals surface area contributed by atoms with E-state index in [1.807, 2.05) is 11.0 Å². The fourth-order valence-electron chi connectivity index (χ4n) is 4.25. The van der Waals surface area contributed by atoms with Crippen molar-refractivity contribution < 1.29 is 19.1 Å². The molecule has 2 fully saturated rings. The monoisotopic (exact) mass is 418 g/mol. The van der Waals surface area contributed by atoms with Gasteiger partial charge in [0.1, 0.15) is 0 Å². The van der Waals surface area contributed by atoms with Gasteiger partial charge in [-0.3, -0.25) is 9.59 Å². The lowest BCUT2D eigenvalue weighted by Crippen LogP contribution is -2.50. The first-order valence-electron chi connectivity index (χ1n) is 10.4. The summed E-state index contributed by atoms with van der Waals surface area (Å²) in [5.41, 5.74) is 0.394. The normalized spacial score (nSPS) is 21.2. The molecule has 6 nitrogen and oxygen atoms in total. The van der Waals surface area contributed by atoms with Crippen LogP contribution in [0.1, 0.15) is 48.9 Å². The molecule has 2 amide bonds. The Labute approximate surface area is 176 Å². The van der Waals surface area contributed by atoms with Crippen LogP contribution in [0.25, 0.3) is 0 Å². The number of esters is 1. The Kier molecular flexibility index (Phi) is 7.58. The molecule has 2 atom stereocenters. The number of ether oxygens (including phenoxy) is 1. The second-order valence-electron chi connectivity index (χ2n) is 7.99. The van der Waals surface area contributed by atoms with Crippen LogP contribution in [0.15, 0.2) is 29.2 Å². The zero-order chi connectivity index (χ0) is 20.8. The Balaban J connectivity index is 1.58. The van der Waals surface area contributed by atoms with Crippen LogP contribution >= 0.6 is 11.8 Å². The van der Waals surface area contributed by atoms with E-state index in [-0.39, 0.29) is 24.2 Å². The molecule has 1 aliphatic heterocycles. The zero-order valence-corrected chi connectivity index (χ0v) is 18.1. The molecule has 1 aromatic carbocycles. The molecule has 1 aliphatic carbocycles. The summed E-state index contributed by atoms with van der Waals surface area (Å²) in [6, 6.07) is 7.36. The number of hydrogen-bond acceptors (Lipinski definition) is 5. The van der Waals surface area contributed by atoms with Crippen LogP contribution in [0.4, 0.5) is 0 Å². The summed E-state index contributed by atoms with van der Waals surface area (Å²) in [4.78, 5) is 41.4. The molecule has 0 radical (unpaired) electrons. The van der Waals surface area contributed by atoms with Crippen molar-refractivity contribution in [2.24, 2.45) is 5.92 Å². The van der Waals surface area contributed by atoms with Crippen molar-refractivity contribution in [2.45, 2.75) is 49.5 Å². The minimum absolute atomic E-state index is 0.0273. The lowest BCUT2D eigenvalue weighted by atomic mass is 9.78. The van der Waals surface area contributed by atoms with Crippen molar-refractivity contribution in [3.05, 3.63) is 29.8 Å². The first kappa shape index (κ1) is 21.7. The van der Waals surface area contributed by atoms with Crippen LogP contribution < -0.4 is 0 Å². The third kappa shape index (κ3) is 5.53. The van der Waals surface area contributed by atoms with E-state index in [0.29, 0.717) is 22.4 Å². The highest BCUT2D eigenvalue weighted by Gasteiger charge is 2.35. The standard InChI is InChI=1S/C22H30N2O4S/c1-23(2)21(26)15-29-19-12-6-4-10-17(19)22(27)28-14-20(25)24-13-7-9-16-8-3-5-11-18(16)24/h4,6,10,12,16,18H,3,5,7-9,11,13-15H2,1-2H3/t16-,18-/m0/s1. The highest BCUT2D eigenvalue weighted by atomic mass is 32.2. The molecule has 7 heteroatoms. The maximum Gasteiger partial charge on any atom is 0.339 e. The summed E-state index contributed by atoms with van der Waals surface area (Å²) in [7, 11) is 3.40. The van der Waals surface area contributed by atoms with Crippen LogP contribution in [0, 0.1) is 5.92 Å². The van der Waals surface area contributed by atoms with E-state index in [0.717, 1.165) is 19.4 Å². The minimum Gasteiger partial charge on any atom is -0.452 e. The van der Waals surface area contributed by atoms with Gasteiger partial charge in [0.25, 0.3) is 5.91 Å². The molecular weight excluding hydrogens is 388 g/mol. The summed E-state index contributed by atoms with van der Waals surface area (Å²) in [5.74, 6) is 0.204. The highest BCUT2D eigenvalue weighted by molar-refractivity contribution is 8.00. The van der Waals surface area contributed by atoms with Gasteiger partial charge in [0.15, 0.2) is 6.61 Å². The fraction of sp³-hybridized carbons (Fsp3) is 0.591. The minimum atomic E-state index is -0.518. The molecule has 0 N–H and O–H groups in total. The van der Waals surface area contributed by atoms with Crippen molar-refractivity contribution in [1.29, 1.82) is 0 Å². The van der Waals surface area contributed by atoms with Crippen LogP contribution in [-0.2, 0) is 14.3 Å². The molecule has 0 unspecified atom stereocenters. The Morgan fingerprint density at radius 1 is 1.10 bits per heavy atom. The summed E-state index contributed by atoms with van der Waals surface area (Å²) in [6.45, 7) is 0.536. The maximum atomic E-state index is 12.8. The van der Waals surface area contributed by atoms with Crippen molar-refractivity contribution in [3.8, 4) is 0 Å². The second-order valence-corrected chi connectivity index (χ2v) is 9.01. The lowest BCUT2D eigenvalue weighted by molar-refractivity contribution is -0.140. The fourth-order valence-corrected chi connectivity index (χ4v) is 5.27. The number of nitrogens with zero attached hydrogens (tertiary/aromatic N) is 2. The van der Waals surface area contributed by atoms with Crippen molar-refractivity contribution >= 4 is 29.5 Å². The SMILES string of the molecule is CN(C)C(=O)CSc1ccccc1C(=O)OCC(=O)N1CCC[C@@H]2CCCC[C@@H]21. The first-order valence-corrected chi connectivity index (χ1v) is 11.3. The van der Waals surface area contributed by atoms with Crippen molar-refractivity contribution in [2.75, 3.05) is 33.0 Å². The van der Waals surface area contributed by atoms with Gasteiger partial charge in [0.05, 0.1) is 11.3 Å². The smallest absolute Gasteiger partial charge is 0.339 e. The number of fused-ring (bicyclic) bond motifs is 1. The molecule has 1 saturated heterocycles. The average Bonchev–Trinajstić information content (AvgIpc) is 2.75. The number of amides is 2. The van der Waals surface area contributed by atoms with E-state index in [4.69, 9.17) is 4.74 Å². The van der Waals surface area contributed by atoms with Gasteiger partial charge in [-0.1, -0.05) is 25.0 Å². The summed E-state index contributed by atoms with van der Waals surface area (Å²) < 4.78 is 5.38.